The fourth-order valence-corrected chi connectivity index (χ4v) is 2.84. The van der Waals surface area contributed by atoms with Crippen LogP contribution in [0, 0.1) is 11.3 Å². The molecule has 0 saturated carbocycles. The zero-order valence-corrected chi connectivity index (χ0v) is 11.8. The number of carbonyl (C=O) groups is 2. The van der Waals surface area contributed by atoms with Crippen LogP contribution < -0.4 is 0 Å². The largest absolute Gasteiger partial charge is 0.465 e. The van der Waals surface area contributed by atoms with Crippen molar-refractivity contribution < 1.29 is 14.3 Å². The standard InChI is InChI=1S/C15H11NO3S/c1-9(17)13(15(18)19-2)6-11-8-20-14-10(7-16)4-3-5-12(11)14/h3-6,8H,1-2H3/b13-6-. The summed E-state index contributed by atoms with van der Waals surface area (Å²) in [6, 6.07) is 7.49. The Labute approximate surface area is 119 Å². The van der Waals surface area contributed by atoms with E-state index in [-0.39, 0.29) is 11.4 Å². The maximum atomic E-state index is 11.6. The minimum atomic E-state index is -0.659. The number of rotatable bonds is 3. The van der Waals surface area contributed by atoms with E-state index in [1.54, 1.807) is 12.1 Å². The molecule has 1 aromatic heterocycles. The summed E-state index contributed by atoms with van der Waals surface area (Å²) in [4.78, 5) is 23.1. The number of ketones is 1. The first-order chi connectivity index (χ1) is 9.58. The van der Waals surface area contributed by atoms with Gasteiger partial charge in [0.2, 0.25) is 0 Å². The Morgan fingerprint density at radius 3 is 2.75 bits per heavy atom. The minimum absolute atomic E-state index is 0.00504. The monoisotopic (exact) mass is 285 g/mol. The van der Waals surface area contributed by atoms with Crippen molar-refractivity contribution in [1.29, 1.82) is 5.26 Å². The van der Waals surface area contributed by atoms with Crippen molar-refractivity contribution in [3.8, 4) is 6.07 Å². The number of ether oxygens (including phenoxy) is 1. The van der Waals surface area contributed by atoms with Crippen molar-refractivity contribution in [2.75, 3.05) is 7.11 Å². The highest BCUT2D eigenvalue weighted by molar-refractivity contribution is 7.17. The van der Waals surface area contributed by atoms with Crippen LogP contribution >= 0.6 is 11.3 Å². The summed E-state index contributed by atoms with van der Waals surface area (Å²) in [5.41, 5.74) is 1.31. The topological polar surface area (TPSA) is 67.2 Å². The molecule has 0 amide bonds. The smallest absolute Gasteiger partial charge is 0.341 e. The fraction of sp³-hybridized carbons (Fsp3) is 0.133. The SMILES string of the molecule is COC(=O)/C(=C\c1csc2c(C#N)cccc12)C(C)=O. The van der Waals surface area contributed by atoms with Crippen molar-refractivity contribution in [3.05, 3.63) is 40.3 Å². The first-order valence-corrected chi connectivity index (χ1v) is 6.67. The first kappa shape index (κ1) is 14.0. The van der Waals surface area contributed by atoms with Gasteiger partial charge in [0.1, 0.15) is 11.6 Å². The van der Waals surface area contributed by atoms with Gasteiger partial charge in [-0.05, 0) is 30.0 Å². The Hall–Kier alpha value is -2.45. The Balaban J connectivity index is 2.62. The summed E-state index contributed by atoms with van der Waals surface area (Å²) < 4.78 is 5.44. The number of nitriles is 1. The van der Waals surface area contributed by atoms with Crippen molar-refractivity contribution in [2.24, 2.45) is 0 Å². The minimum Gasteiger partial charge on any atom is -0.465 e. The third kappa shape index (κ3) is 2.46. The molecule has 2 aromatic rings. The summed E-state index contributed by atoms with van der Waals surface area (Å²) >= 11 is 1.41. The van der Waals surface area contributed by atoms with Crippen LogP contribution in [-0.2, 0) is 14.3 Å². The average molecular weight is 285 g/mol. The van der Waals surface area contributed by atoms with E-state index in [9.17, 15) is 9.59 Å². The third-order valence-corrected chi connectivity index (χ3v) is 3.88. The first-order valence-electron chi connectivity index (χ1n) is 5.79. The van der Waals surface area contributed by atoms with E-state index < -0.39 is 5.97 Å². The molecule has 5 heteroatoms. The summed E-state index contributed by atoms with van der Waals surface area (Å²) in [5.74, 6) is -1.01. The van der Waals surface area contributed by atoms with Crippen LogP contribution in [0.15, 0.2) is 29.2 Å². The summed E-state index contributed by atoms with van der Waals surface area (Å²) in [6.45, 7) is 1.32. The number of fused-ring (bicyclic) bond motifs is 1. The zero-order valence-electron chi connectivity index (χ0n) is 11.0. The summed E-state index contributed by atoms with van der Waals surface area (Å²) in [7, 11) is 1.23. The molecule has 0 fully saturated rings. The molecule has 0 radical (unpaired) electrons. The molecule has 0 aliphatic heterocycles. The van der Waals surface area contributed by atoms with Crippen molar-refractivity contribution >= 4 is 39.3 Å². The molecule has 20 heavy (non-hydrogen) atoms. The molecule has 1 heterocycles. The van der Waals surface area contributed by atoms with Gasteiger partial charge >= 0.3 is 5.97 Å². The predicted molar refractivity (Wildman–Crippen MR) is 77.2 cm³/mol. The highest BCUT2D eigenvalue weighted by atomic mass is 32.1. The van der Waals surface area contributed by atoms with E-state index in [1.807, 2.05) is 11.4 Å². The molecule has 100 valence electrons. The molecule has 0 aliphatic carbocycles. The van der Waals surface area contributed by atoms with E-state index in [2.05, 4.69) is 10.8 Å². The highest BCUT2D eigenvalue weighted by Crippen LogP contribution is 2.30. The van der Waals surface area contributed by atoms with Gasteiger partial charge in [0.05, 0.1) is 17.4 Å². The van der Waals surface area contributed by atoms with Gasteiger partial charge in [0.15, 0.2) is 5.78 Å². The Kier molecular flexibility index (Phi) is 3.97. The number of nitrogens with zero attached hydrogens (tertiary/aromatic N) is 1. The molecule has 0 spiro atoms. The van der Waals surface area contributed by atoms with Crippen LogP contribution in [0.25, 0.3) is 16.2 Å². The Bertz CT molecular complexity index is 765. The molecule has 0 N–H and O–H groups in total. The number of hydrogen-bond donors (Lipinski definition) is 0. The lowest BCUT2D eigenvalue weighted by atomic mass is 10.1. The molecular formula is C15H11NO3S. The van der Waals surface area contributed by atoms with Gasteiger partial charge in [-0.25, -0.2) is 4.79 Å². The number of esters is 1. The Morgan fingerprint density at radius 1 is 1.40 bits per heavy atom. The number of carbonyl (C=O) groups excluding carboxylic acids is 2. The Morgan fingerprint density at radius 2 is 2.15 bits per heavy atom. The molecule has 0 saturated heterocycles. The van der Waals surface area contributed by atoms with Crippen molar-refractivity contribution in [2.45, 2.75) is 6.92 Å². The van der Waals surface area contributed by atoms with Crippen molar-refractivity contribution in [3.63, 3.8) is 0 Å². The van der Waals surface area contributed by atoms with Crippen LogP contribution in [0.2, 0.25) is 0 Å². The second-order valence-electron chi connectivity index (χ2n) is 4.09. The lowest BCUT2D eigenvalue weighted by Crippen LogP contribution is -2.11. The quantitative estimate of drug-likeness (QED) is 0.376. The maximum Gasteiger partial charge on any atom is 0.341 e. The normalized spacial score (nSPS) is 11.2. The number of thiophene rings is 1. The van der Waals surface area contributed by atoms with Gasteiger partial charge in [-0.15, -0.1) is 11.3 Å². The zero-order chi connectivity index (χ0) is 14.7. The molecule has 0 aliphatic rings. The molecule has 4 nitrogen and oxygen atoms in total. The molecule has 0 bridgehead atoms. The van der Waals surface area contributed by atoms with Gasteiger partial charge < -0.3 is 4.74 Å². The molecule has 0 unspecified atom stereocenters. The van der Waals surface area contributed by atoms with Crippen LogP contribution in [0.5, 0.6) is 0 Å². The second-order valence-corrected chi connectivity index (χ2v) is 4.97. The van der Waals surface area contributed by atoms with Gasteiger partial charge in [0.25, 0.3) is 0 Å². The van der Waals surface area contributed by atoms with E-state index in [4.69, 9.17) is 5.26 Å². The highest BCUT2D eigenvalue weighted by Gasteiger charge is 2.16. The van der Waals surface area contributed by atoms with Crippen LogP contribution in [0.3, 0.4) is 0 Å². The van der Waals surface area contributed by atoms with Crippen LogP contribution in [0.4, 0.5) is 0 Å². The predicted octanol–water partition coefficient (Wildman–Crippen LogP) is 2.92. The van der Waals surface area contributed by atoms with Gasteiger partial charge in [-0.2, -0.15) is 5.26 Å². The van der Waals surface area contributed by atoms with E-state index in [0.29, 0.717) is 5.56 Å². The fourth-order valence-electron chi connectivity index (χ4n) is 1.85. The van der Waals surface area contributed by atoms with Gasteiger partial charge in [0, 0.05) is 5.39 Å². The number of hydrogen-bond acceptors (Lipinski definition) is 5. The number of methoxy groups -OCH3 is 1. The summed E-state index contributed by atoms with van der Waals surface area (Å²) in [5, 5.41) is 11.7. The lowest BCUT2D eigenvalue weighted by molar-refractivity contribution is -0.137. The maximum absolute atomic E-state index is 11.6. The molecule has 2 rings (SSSR count). The van der Waals surface area contributed by atoms with E-state index in [1.165, 1.54) is 31.4 Å². The number of benzene rings is 1. The van der Waals surface area contributed by atoms with E-state index >= 15 is 0 Å². The van der Waals surface area contributed by atoms with Crippen molar-refractivity contribution in [1.82, 2.24) is 0 Å². The summed E-state index contributed by atoms with van der Waals surface area (Å²) in [6.07, 6.45) is 1.51. The lowest BCUT2D eigenvalue weighted by Gasteiger charge is -2.01. The molecule has 0 atom stereocenters. The van der Waals surface area contributed by atoms with E-state index in [0.717, 1.165) is 15.6 Å². The molecular weight excluding hydrogens is 274 g/mol. The second kappa shape index (κ2) is 5.68. The number of Topliss-reactive ketones (excluding diaryl/α,β-unsaturated/α-hetero) is 1. The van der Waals surface area contributed by atoms with Gasteiger partial charge in [-0.3, -0.25) is 4.79 Å². The molecule has 1 aromatic carbocycles. The van der Waals surface area contributed by atoms with Crippen LogP contribution in [0.1, 0.15) is 18.1 Å². The third-order valence-electron chi connectivity index (χ3n) is 2.83. The average Bonchev–Trinajstić information content (AvgIpc) is 2.86. The van der Waals surface area contributed by atoms with Crippen LogP contribution in [-0.4, -0.2) is 18.9 Å². The van der Waals surface area contributed by atoms with Gasteiger partial charge in [-0.1, -0.05) is 12.1 Å².